The van der Waals surface area contributed by atoms with E-state index >= 15 is 0 Å². The molecule has 1 heterocycles. The van der Waals surface area contributed by atoms with Crippen LogP contribution in [0, 0.1) is 0 Å². The van der Waals surface area contributed by atoms with Gasteiger partial charge in [0, 0.05) is 24.3 Å². The largest absolute Gasteiger partial charge is 0.410 e. The number of hydrogen-bond acceptors (Lipinski definition) is 4. The molecule has 1 spiro atoms. The third kappa shape index (κ3) is 5.29. The van der Waals surface area contributed by atoms with Gasteiger partial charge in [-0.1, -0.05) is 48.1 Å². The lowest BCUT2D eigenvalue weighted by molar-refractivity contribution is 0.109. The highest BCUT2D eigenvalue weighted by Gasteiger charge is 2.51. The van der Waals surface area contributed by atoms with Gasteiger partial charge in [-0.2, -0.15) is 0 Å². The molecule has 0 aromatic carbocycles. The number of rotatable bonds is 4. The lowest BCUT2D eigenvalue weighted by Gasteiger charge is -2.49. The highest BCUT2D eigenvalue weighted by Crippen LogP contribution is 2.56. The summed E-state index contributed by atoms with van der Waals surface area (Å²) >= 11 is 4.27. The van der Waals surface area contributed by atoms with Gasteiger partial charge in [0.15, 0.2) is 16.6 Å². The maximum Gasteiger partial charge on any atom is 0.192 e. The van der Waals surface area contributed by atoms with Crippen LogP contribution >= 0.6 is 23.5 Å². The lowest BCUT2D eigenvalue weighted by Crippen LogP contribution is -2.53. The fourth-order valence-electron chi connectivity index (χ4n) is 3.15. The van der Waals surface area contributed by atoms with Gasteiger partial charge >= 0.3 is 0 Å². The second-order valence-electron chi connectivity index (χ2n) is 11.3. The van der Waals surface area contributed by atoms with Crippen LogP contribution in [-0.4, -0.2) is 44.4 Å². The van der Waals surface area contributed by atoms with Crippen LogP contribution < -0.4 is 0 Å². The summed E-state index contributed by atoms with van der Waals surface area (Å²) in [5.41, 5.74) is 1.20. The summed E-state index contributed by atoms with van der Waals surface area (Å²) in [7, 11) is -3.70. The molecule has 1 saturated heterocycles. The predicted octanol–water partition coefficient (Wildman–Crippen LogP) is 7.29. The van der Waals surface area contributed by atoms with Crippen LogP contribution in [0.15, 0.2) is 12.2 Å². The molecule has 0 aromatic heterocycles. The first-order valence-corrected chi connectivity index (χ1v) is 18.1. The third-order valence-electron chi connectivity index (χ3n) is 7.12. The molecule has 0 aromatic rings. The lowest BCUT2D eigenvalue weighted by atomic mass is 9.90. The maximum atomic E-state index is 6.92. The van der Waals surface area contributed by atoms with E-state index in [4.69, 9.17) is 8.85 Å². The maximum absolute atomic E-state index is 6.92. The quantitative estimate of drug-likeness (QED) is 0.333. The fraction of sp³-hybridized carbons (Fsp3) is 0.905. The van der Waals surface area contributed by atoms with Gasteiger partial charge in [0.05, 0.1) is 16.3 Å². The van der Waals surface area contributed by atoms with Crippen molar-refractivity contribution in [2.45, 2.75) is 107 Å². The fourth-order valence-corrected chi connectivity index (χ4v) is 9.07. The number of hydrogen-bond donors (Lipinski definition) is 0. The molecule has 2 fully saturated rings. The van der Waals surface area contributed by atoms with Gasteiger partial charge in [-0.3, -0.25) is 0 Å². The van der Waals surface area contributed by atoms with Crippen LogP contribution in [-0.2, 0) is 8.85 Å². The smallest absolute Gasteiger partial charge is 0.192 e. The summed E-state index contributed by atoms with van der Waals surface area (Å²) in [6.07, 6.45) is 2.44. The Hall–Kier alpha value is 0.794. The summed E-state index contributed by atoms with van der Waals surface area (Å²) in [5.74, 6) is 2.49. The third-order valence-corrected chi connectivity index (χ3v) is 19.6. The molecule has 2 nitrogen and oxygen atoms in total. The Kier molecular flexibility index (Phi) is 6.96. The molecule has 27 heavy (non-hydrogen) atoms. The van der Waals surface area contributed by atoms with Gasteiger partial charge in [-0.15, -0.1) is 23.5 Å². The van der Waals surface area contributed by atoms with Crippen molar-refractivity contribution in [2.24, 2.45) is 0 Å². The second-order valence-corrected chi connectivity index (χ2v) is 24.1. The average molecular weight is 447 g/mol. The van der Waals surface area contributed by atoms with Crippen molar-refractivity contribution in [2.75, 3.05) is 11.5 Å². The van der Waals surface area contributed by atoms with Crippen molar-refractivity contribution in [3.8, 4) is 0 Å². The molecule has 0 unspecified atom stereocenters. The number of thioether (sulfide) groups is 2. The molecular weight excluding hydrogens is 405 g/mol. The zero-order valence-corrected chi connectivity index (χ0v) is 23.0. The predicted molar refractivity (Wildman–Crippen MR) is 130 cm³/mol. The molecule has 6 heteroatoms. The second kappa shape index (κ2) is 7.80. The van der Waals surface area contributed by atoms with Crippen LogP contribution in [0.25, 0.3) is 0 Å². The van der Waals surface area contributed by atoms with E-state index in [1.54, 1.807) is 0 Å². The van der Waals surface area contributed by atoms with Gasteiger partial charge in [0.2, 0.25) is 0 Å². The van der Waals surface area contributed by atoms with Gasteiger partial charge in [-0.05, 0) is 41.8 Å². The first kappa shape index (κ1) is 24.1. The molecule has 0 bridgehead atoms. The molecule has 1 saturated carbocycles. The summed E-state index contributed by atoms with van der Waals surface area (Å²) < 4.78 is 14.1. The van der Waals surface area contributed by atoms with E-state index in [1.807, 2.05) is 0 Å². The molecule has 158 valence electrons. The van der Waals surface area contributed by atoms with Crippen LogP contribution in [0.3, 0.4) is 0 Å². The molecule has 1 aliphatic carbocycles. The Labute approximate surface area is 179 Å². The zero-order valence-electron chi connectivity index (χ0n) is 19.3. The van der Waals surface area contributed by atoms with Crippen LogP contribution in [0.5, 0.6) is 0 Å². The summed E-state index contributed by atoms with van der Waals surface area (Å²) in [5, 5.41) is 0.424. The molecule has 0 amide bonds. The van der Waals surface area contributed by atoms with E-state index in [-0.39, 0.29) is 26.4 Å². The normalized spacial score (nSPS) is 27.4. The topological polar surface area (TPSA) is 18.5 Å². The van der Waals surface area contributed by atoms with E-state index in [0.29, 0.717) is 0 Å². The summed E-state index contributed by atoms with van der Waals surface area (Å²) in [4.78, 5) is 0. The standard InChI is InChI=1S/C21H42O2S2Si2/c1-16-17(22-26(8,9)19(2,3)4)14-21(24-12-13-25-21)15-18(16)23-27(10,11)20(5,6)7/h17-18H,1,12-15H2,2-11H3/t17-,18-/m1/s1. The van der Waals surface area contributed by atoms with Crippen molar-refractivity contribution in [3.63, 3.8) is 0 Å². The minimum Gasteiger partial charge on any atom is -0.410 e. The van der Waals surface area contributed by atoms with Crippen molar-refractivity contribution >= 4 is 40.2 Å². The van der Waals surface area contributed by atoms with E-state index in [0.717, 1.165) is 12.8 Å². The van der Waals surface area contributed by atoms with Crippen LogP contribution in [0.4, 0.5) is 0 Å². The Balaban J connectivity index is 2.29. The van der Waals surface area contributed by atoms with E-state index in [1.165, 1.54) is 17.1 Å². The van der Waals surface area contributed by atoms with Gasteiger partial charge in [-0.25, -0.2) is 0 Å². The van der Waals surface area contributed by atoms with Gasteiger partial charge in [0.1, 0.15) is 0 Å². The van der Waals surface area contributed by atoms with E-state index in [9.17, 15) is 0 Å². The minimum atomic E-state index is -1.85. The van der Waals surface area contributed by atoms with E-state index in [2.05, 4.69) is 97.8 Å². The Morgan fingerprint density at radius 1 is 0.815 bits per heavy atom. The Bertz CT molecular complexity index is 514. The summed E-state index contributed by atoms with van der Waals surface area (Å²) in [6, 6.07) is 0. The van der Waals surface area contributed by atoms with Crippen molar-refractivity contribution in [1.82, 2.24) is 0 Å². The van der Waals surface area contributed by atoms with E-state index < -0.39 is 16.6 Å². The first-order valence-electron chi connectivity index (χ1n) is 10.3. The molecule has 2 rings (SSSR count). The summed E-state index contributed by atoms with van der Waals surface area (Å²) in [6.45, 7) is 27.9. The Morgan fingerprint density at radius 2 is 1.15 bits per heavy atom. The van der Waals surface area contributed by atoms with Crippen molar-refractivity contribution in [3.05, 3.63) is 12.2 Å². The highest BCUT2D eigenvalue weighted by atomic mass is 32.2. The molecule has 0 N–H and O–H groups in total. The average Bonchev–Trinajstić information content (AvgIpc) is 2.89. The molecule has 2 aliphatic rings. The molecule has 1 aliphatic heterocycles. The molecule has 0 radical (unpaired) electrons. The van der Waals surface area contributed by atoms with Crippen LogP contribution in [0.1, 0.15) is 54.4 Å². The zero-order chi connectivity index (χ0) is 20.9. The highest BCUT2D eigenvalue weighted by molar-refractivity contribution is 8.21. The SMILES string of the molecule is C=C1[C@H](O[Si](C)(C)C(C)(C)C)CC2(C[C@H]1O[Si](C)(C)C(C)(C)C)SCCS2. The van der Waals surface area contributed by atoms with Gasteiger partial charge < -0.3 is 8.85 Å². The van der Waals surface area contributed by atoms with Crippen molar-refractivity contribution in [1.29, 1.82) is 0 Å². The Morgan fingerprint density at radius 3 is 1.44 bits per heavy atom. The minimum absolute atomic E-state index is 0.132. The monoisotopic (exact) mass is 446 g/mol. The first-order chi connectivity index (χ1) is 12.0. The van der Waals surface area contributed by atoms with Crippen LogP contribution in [0.2, 0.25) is 36.3 Å². The van der Waals surface area contributed by atoms with Crippen molar-refractivity contribution < 1.29 is 8.85 Å². The van der Waals surface area contributed by atoms with Gasteiger partial charge in [0.25, 0.3) is 0 Å². The molecular formula is C21H42O2S2Si2. The molecule has 2 atom stereocenters.